The van der Waals surface area contributed by atoms with Crippen LogP contribution in [0.1, 0.15) is 28.8 Å². The van der Waals surface area contributed by atoms with Gasteiger partial charge in [0.05, 0.1) is 4.90 Å². The monoisotopic (exact) mass is 427 g/mol. The van der Waals surface area contributed by atoms with Crippen LogP contribution in [0, 0.1) is 12.7 Å². The van der Waals surface area contributed by atoms with E-state index >= 15 is 0 Å². The van der Waals surface area contributed by atoms with Gasteiger partial charge in [-0.1, -0.05) is 6.07 Å². The van der Waals surface area contributed by atoms with Crippen molar-refractivity contribution in [2.24, 2.45) is 0 Å². The number of rotatable bonds is 5. The minimum atomic E-state index is -3.90. The Balaban J connectivity index is 0.00000280. The SMILES string of the molecule is Cc1ccc(S(=O)(=O)Nc2ccc(F)cc2)cc1C(=O)N[C@H]1CCCNC1.Cl. The molecule has 1 saturated heterocycles. The first-order valence-corrected chi connectivity index (χ1v) is 10.2. The molecule has 2 aromatic carbocycles. The van der Waals surface area contributed by atoms with Crippen LogP contribution in [0.5, 0.6) is 0 Å². The van der Waals surface area contributed by atoms with E-state index in [0.717, 1.165) is 19.4 Å². The predicted molar refractivity (Wildman–Crippen MR) is 109 cm³/mol. The molecule has 0 aromatic heterocycles. The van der Waals surface area contributed by atoms with E-state index in [0.29, 0.717) is 17.7 Å². The Labute approximate surface area is 170 Å². The molecule has 0 saturated carbocycles. The lowest BCUT2D eigenvalue weighted by Crippen LogP contribution is -2.45. The van der Waals surface area contributed by atoms with Gasteiger partial charge in [0.25, 0.3) is 15.9 Å². The van der Waals surface area contributed by atoms with Crippen molar-refractivity contribution < 1.29 is 17.6 Å². The van der Waals surface area contributed by atoms with E-state index in [2.05, 4.69) is 15.4 Å². The number of nitrogens with one attached hydrogen (secondary N) is 3. The number of benzene rings is 2. The van der Waals surface area contributed by atoms with Gasteiger partial charge < -0.3 is 10.6 Å². The highest BCUT2D eigenvalue weighted by molar-refractivity contribution is 7.92. The molecule has 0 bridgehead atoms. The Hall–Kier alpha value is -2.16. The highest BCUT2D eigenvalue weighted by Gasteiger charge is 2.21. The summed E-state index contributed by atoms with van der Waals surface area (Å²) in [6.07, 6.45) is 1.88. The number of hydrogen-bond donors (Lipinski definition) is 3. The van der Waals surface area contributed by atoms with Crippen LogP contribution in [0.2, 0.25) is 0 Å². The molecule has 1 aliphatic rings. The second-order valence-electron chi connectivity index (χ2n) is 6.61. The second-order valence-corrected chi connectivity index (χ2v) is 8.29. The number of hydrogen-bond acceptors (Lipinski definition) is 4. The van der Waals surface area contributed by atoms with Crippen LogP contribution < -0.4 is 15.4 Å². The third-order valence-corrected chi connectivity index (χ3v) is 5.87. The van der Waals surface area contributed by atoms with E-state index in [1.54, 1.807) is 13.0 Å². The zero-order chi connectivity index (χ0) is 19.4. The fraction of sp³-hybridized carbons (Fsp3) is 0.316. The zero-order valence-corrected chi connectivity index (χ0v) is 17.0. The molecule has 1 atom stereocenters. The first-order valence-electron chi connectivity index (χ1n) is 8.76. The maximum Gasteiger partial charge on any atom is 0.261 e. The standard InChI is InChI=1S/C19H22FN3O3S.ClH/c1-13-4-9-17(27(25,26)23-15-7-5-14(20)6-8-15)11-18(13)19(24)22-16-3-2-10-21-12-16;/h4-9,11,16,21,23H,2-3,10,12H2,1H3,(H,22,24);1H/t16-;/m0./s1. The summed E-state index contributed by atoms with van der Waals surface area (Å²) in [5.74, 6) is -0.746. The number of halogens is 2. The molecule has 1 fully saturated rings. The highest BCUT2D eigenvalue weighted by Crippen LogP contribution is 2.20. The van der Waals surface area contributed by atoms with Gasteiger partial charge >= 0.3 is 0 Å². The maximum atomic E-state index is 13.0. The summed E-state index contributed by atoms with van der Waals surface area (Å²) in [5.41, 5.74) is 1.26. The number of anilines is 1. The molecule has 0 unspecified atom stereocenters. The van der Waals surface area contributed by atoms with Crippen LogP contribution in [0.3, 0.4) is 0 Å². The van der Waals surface area contributed by atoms with E-state index in [1.807, 2.05) is 0 Å². The second kappa shape index (κ2) is 9.36. The van der Waals surface area contributed by atoms with Gasteiger partial charge in [-0.25, -0.2) is 12.8 Å². The van der Waals surface area contributed by atoms with Gasteiger partial charge in [0.15, 0.2) is 0 Å². The molecule has 1 heterocycles. The average molecular weight is 428 g/mol. The summed E-state index contributed by atoms with van der Waals surface area (Å²) in [6.45, 7) is 3.40. The van der Waals surface area contributed by atoms with Gasteiger partial charge in [0.2, 0.25) is 0 Å². The van der Waals surface area contributed by atoms with Crippen molar-refractivity contribution in [3.8, 4) is 0 Å². The Morgan fingerprint density at radius 3 is 2.54 bits per heavy atom. The summed E-state index contributed by atoms with van der Waals surface area (Å²) in [5, 5.41) is 6.18. The van der Waals surface area contributed by atoms with Crippen molar-refractivity contribution in [3.63, 3.8) is 0 Å². The molecule has 6 nitrogen and oxygen atoms in total. The Bertz CT molecular complexity index is 930. The van der Waals surface area contributed by atoms with E-state index in [4.69, 9.17) is 0 Å². The Morgan fingerprint density at radius 2 is 1.89 bits per heavy atom. The molecule has 9 heteroatoms. The van der Waals surface area contributed by atoms with E-state index in [1.165, 1.54) is 36.4 Å². The number of amides is 1. The number of carbonyl (C=O) groups excluding carboxylic acids is 1. The number of sulfonamides is 1. The molecule has 2 aromatic rings. The number of aryl methyl sites for hydroxylation is 1. The minimum absolute atomic E-state index is 0. The minimum Gasteiger partial charge on any atom is -0.348 e. The molecule has 1 amide bonds. The molecule has 3 N–H and O–H groups in total. The molecular weight excluding hydrogens is 405 g/mol. The van der Waals surface area contributed by atoms with Crippen LogP contribution in [0.4, 0.5) is 10.1 Å². The summed E-state index contributed by atoms with van der Waals surface area (Å²) in [4.78, 5) is 12.6. The van der Waals surface area contributed by atoms with Crippen molar-refractivity contribution in [2.75, 3.05) is 17.8 Å². The normalized spacial score (nSPS) is 16.7. The summed E-state index contributed by atoms with van der Waals surface area (Å²) in [6, 6.07) is 9.47. The molecule has 0 aliphatic carbocycles. The topological polar surface area (TPSA) is 87.3 Å². The van der Waals surface area contributed by atoms with Crippen molar-refractivity contribution >= 4 is 34.0 Å². The molecule has 0 spiro atoms. The van der Waals surface area contributed by atoms with Gasteiger partial charge in [-0.2, -0.15) is 0 Å². The molecule has 0 radical (unpaired) electrons. The molecule has 3 rings (SSSR count). The van der Waals surface area contributed by atoms with E-state index in [-0.39, 0.29) is 34.9 Å². The van der Waals surface area contributed by atoms with Crippen LogP contribution in [-0.4, -0.2) is 33.5 Å². The Morgan fingerprint density at radius 1 is 1.18 bits per heavy atom. The van der Waals surface area contributed by atoms with Crippen molar-refractivity contribution in [2.45, 2.75) is 30.7 Å². The largest absolute Gasteiger partial charge is 0.348 e. The van der Waals surface area contributed by atoms with Crippen molar-refractivity contribution in [1.82, 2.24) is 10.6 Å². The van der Waals surface area contributed by atoms with Crippen LogP contribution >= 0.6 is 12.4 Å². The summed E-state index contributed by atoms with van der Waals surface area (Å²) >= 11 is 0. The molecule has 1 aliphatic heterocycles. The van der Waals surface area contributed by atoms with E-state index < -0.39 is 15.8 Å². The third-order valence-electron chi connectivity index (χ3n) is 4.49. The summed E-state index contributed by atoms with van der Waals surface area (Å²) < 4.78 is 40.6. The van der Waals surface area contributed by atoms with Gasteiger partial charge in [-0.15, -0.1) is 12.4 Å². The van der Waals surface area contributed by atoms with Gasteiger partial charge in [-0.05, 0) is 68.3 Å². The van der Waals surface area contributed by atoms with Crippen molar-refractivity contribution in [3.05, 3.63) is 59.4 Å². The zero-order valence-electron chi connectivity index (χ0n) is 15.4. The van der Waals surface area contributed by atoms with Gasteiger partial charge in [-0.3, -0.25) is 9.52 Å². The lowest BCUT2D eigenvalue weighted by Gasteiger charge is -2.24. The lowest BCUT2D eigenvalue weighted by molar-refractivity contribution is 0.0930. The number of piperidine rings is 1. The van der Waals surface area contributed by atoms with Crippen LogP contribution in [-0.2, 0) is 10.0 Å². The fourth-order valence-corrected chi connectivity index (χ4v) is 4.07. The quantitative estimate of drug-likeness (QED) is 0.684. The van der Waals surface area contributed by atoms with Gasteiger partial charge in [0.1, 0.15) is 5.82 Å². The summed E-state index contributed by atoms with van der Waals surface area (Å²) in [7, 11) is -3.90. The third kappa shape index (κ3) is 5.43. The first-order chi connectivity index (χ1) is 12.8. The van der Waals surface area contributed by atoms with Crippen molar-refractivity contribution in [1.29, 1.82) is 0 Å². The van der Waals surface area contributed by atoms with Crippen LogP contribution in [0.25, 0.3) is 0 Å². The predicted octanol–water partition coefficient (Wildman–Crippen LogP) is 2.84. The Kier molecular flexibility index (Phi) is 7.40. The molecule has 152 valence electrons. The fourth-order valence-electron chi connectivity index (χ4n) is 2.98. The maximum absolute atomic E-state index is 13.0. The smallest absolute Gasteiger partial charge is 0.261 e. The number of carbonyl (C=O) groups is 1. The average Bonchev–Trinajstić information content (AvgIpc) is 2.64. The lowest BCUT2D eigenvalue weighted by atomic mass is 10.1. The molecule has 28 heavy (non-hydrogen) atoms. The first kappa shape index (κ1) is 22.1. The van der Waals surface area contributed by atoms with Gasteiger partial charge in [0, 0.05) is 23.8 Å². The molecular formula is C19H23ClFN3O3S. The van der Waals surface area contributed by atoms with Crippen LogP contribution in [0.15, 0.2) is 47.4 Å². The highest BCUT2D eigenvalue weighted by atomic mass is 35.5. The van der Waals surface area contributed by atoms with E-state index in [9.17, 15) is 17.6 Å².